The highest BCUT2D eigenvalue weighted by Gasteiger charge is 2.36. The Morgan fingerprint density at radius 3 is 1.56 bits per heavy atom. The number of ether oxygens (including phenoxy) is 1. The normalized spacial score (nSPS) is 16.3. The molecule has 2 saturated carbocycles. The summed E-state index contributed by atoms with van der Waals surface area (Å²) < 4.78 is 65.6. The average Bonchev–Trinajstić information content (AvgIpc) is 3.99. The molecule has 0 aliphatic heterocycles. The van der Waals surface area contributed by atoms with Crippen LogP contribution in [0.1, 0.15) is 85.5 Å². The molecule has 3 N–H and O–H groups in total. The standard InChI is InChI=1S/C19H24F2N8O.C15H18ClF2N5.C4H7N3O/c1-12-8-13(2)29(26-12)18-23-16(22-14-4-6-19(20,21)7-5-14)9-17(24-18)30-11-15-10-28(3)27-25-15;1-9-7-10(2)23(22-9)14-20-12(16)8-13(21-14)19-11-3-5-15(17,18)6-4-11;1-7-2-4(3-8)5-6-7/h8-10,14H,4-7,11H2,1-3H3,(H,22,23,24);7-8,11H,3-6H2,1-2H3,(H,19,20,21);2,8H,3H2,1H3. The van der Waals surface area contributed by atoms with E-state index in [2.05, 4.69) is 61.4 Å². The van der Waals surface area contributed by atoms with Gasteiger partial charge in [0.25, 0.3) is 11.9 Å². The van der Waals surface area contributed by atoms with Gasteiger partial charge in [0.05, 0.1) is 30.4 Å². The molecular weight excluding hydrogens is 824 g/mol. The van der Waals surface area contributed by atoms with Crippen molar-refractivity contribution in [2.45, 2.75) is 116 Å². The van der Waals surface area contributed by atoms with Gasteiger partial charge in [-0.15, -0.1) is 10.2 Å². The Kier molecular flexibility index (Phi) is 14.2. The molecule has 0 amide bonds. The maximum atomic E-state index is 13.5. The molecule has 61 heavy (non-hydrogen) atoms. The second kappa shape index (κ2) is 19.3. The quantitative estimate of drug-likeness (QED) is 0.104. The highest BCUT2D eigenvalue weighted by atomic mass is 35.5. The molecule has 0 atom stereocenters. The number of nitrogens with zero attached hydrogens (tertiary/aromatic N) is 14. The van der Waals surface area contributed by atoms with E-state index in [9.17, 15) is 17.6 Å². The van der Waals surface area contributed by atoms with Gasteiger partial charge in [0.2, 0.25) is 17.7 Å². The Hall–Kier alpha value is -5.77. The van der Waals surface area contributed by atoms with E-state index in [1.807, 2.05) is 39.8 Å². The number of aryl methyl sites for hydroxylation is 6. The number of aliphatic hydroxyl groups is 1. The maximum Gasteiger partial charge on any atom is 0.256 e. The molecule has 8 rings (SSSR count). The first-order valence-corrected chi connectivity index (χ1v) is 20.0. The SMILES string of the molecule is Cc1cc(C)n(-c2nc(Cl)cc(NC3CCC(F)(F)CC3)n2)n1.Cc1cc(C)n(-c2nc(NC3CCC(F)(F)CC3)cc(OCc3cn(C)nn3)n2)n1.Cn1cc(CO)nn1. The van der Waals surface area contributed by atoms with E-state index in [4.69, 9.17) is 21.4 Å². The molecule has 0 spiro atoms. The van der Waals surface area contributed by atoms with Gasteiger partial charge in [-0.25, -0.2) is 26.9 Å². The molecule has 2 fully saturated rings. The second-order valence-electron chi connectivity index (χ2n) is 15.2. The molecule has 0 saturated heterocycles. The number of alkyl halides is 4. The van der Waals surface area contributed by atoms with Gasteiger partial charge in [0.1, 0.15) is 34.8 Å². The number of halogens is 5. The number of hydrogen-bond donors (Lipinski definition) is 3. The molecule has 0 aromatic carbocycles. The molecule has 2 aliphatic rings. The lowest BCUT2D eigenvalue weighted by atomic mass is 9.92. The first-order valence-electron chi connectivity index (χ1n) is 19.7. The van der Waals surface area contributed by atoms with Crippen LogP contribution in [0.4, 0.5) is 29.2 Å². The monoisotopic (exact) mass is 872 g/mol. The lowest BCUT2D eigenvalue weighted by Crippen LogP contribution is -2.32. The predicted octanol–water partition coefficient (Wildman–Crippen LogP) is 6.21. The van der Waals surface area contributed by atoms with E-state index in [0.717, 1.165) is 22.8 Å². The molecule has 2 aliphatic carbocycles. The van der Waals surface area contributed by atoms with Gasteiger partial charge in [0.15, 0.2) is 0 Å². The van der Waals surface area contributed by atoms with Crippen molar-refractivity contribution in [2.75, 3.05) is 10.6 Å². The second-order valence-corrected chi connectivity index (χ2v) is 15.6. The summed E-state index contributed by atoms with van der Waals surface area (Å²) in [4.78, 5) is 17.6. The zero-order valence-corrected chi connectivity index (χ0v) is 35.5. The number of aromatic nitrogens is 14. The summed E-state index contributed by atoms with van der Waals surface area (Å²) in [5.74, 6) is -3.03. The van der Waals surface area contributed by atoms with Gasteiger partial charge in [-0.05, 0) is 65.5 Å². The van der Waals surface area contributed by atoms with Crippen molar-refractivity contribution in [3.63, 3.8) is 0 Å². The van der Waals surface area contributed by atoms with Crippen molar-refractivity contribution in [1.29, 1.82) is 0 Å². The number of hydrogen-bond acceptors (Lipinski definition) is 14. The van der Waals surface area contributed by atoms with Crippen molar-refractivity contribution < 1.29 is 27.4 Å². The molecule has 18 nitrogen and oxygen atoms in total. The topological polar surface area (TPSA) is 202 Å². The summed E-state index contributed by atoms with van der Waals surface area (Å²) in [7, 11) is 3.53. The first kappa shape index (κ1) is 44.8. The largest absolute Gasteiger partial charge is 0.471 e. The van der Waals surface area contributed by atoms with Crippen LogP contribution in [-0.4, -0.2) is 98.5 Å². The van der Waals surface area contributed by atoms with Crippen LogP contribution in [0.2, 0.25) is 5.15 Å². The highest BCUT2D eigenvalue weighted by Crippen LogP contribution is 2.35. The number of nitrogens with one attached hydrogen (secondary N) is 2. The molecule has 6 heterocycles. The molecule has 0 bridgehead atoms. The minimum absolute atomic E-state index is 0.0334. The van der Waals surface area contributed by atoms with Crippen LogP contribution in [-0.2, 0) is 27.3 Å². The zero-order valence-electron chi connectivity index (χ0n) is 34.7. The van der Waals surface area contributed by atoms with E-state index in [1.165, 1.54) is 0 Å². The van der Waals surface area contributed by atoms with Gasteiger partial charge in [-0.2, -0.15) is 30.1 Å². The van der Waals surface area contributed by atoms with Crippen molar-refractivity contribution in [3.8, 4) is 17.8 Å². The predicted molar refractivity (Wildman–Crippen MR) is 216 cm³/mol. The fraction of sp³-hybridized carbons (Fsp3) is 0.526. The van der Waals surface area contributed by atoms with Crippen molar-refractivity contribution in [3.05, 3.63) is 76.0 Å². The van der Waals surface area contributed by atoms with Crippen LogP contribution in [0, 0.1) is 27.7 Å². The van der Waals surface area contributed by atoms with E-state index in [-0.39, 0.29) is 56.1 Å². The lowest BCUT2D eigenvalue weighted by Gasteiger charge is -2.29. The van der Waals surface area contributed by atoms with Crippen LogP contribution in [0.3, 0.4) is 0 Å². The molecule has 0 radical (unpaired) electrons. The molecule has 6 aromatic heterocycles. The van der Waals surface area contributed by atoms with Crippen molar-refractivity contribution >= 4 is 23.2 Å². The third kappa shape index (κ3) is 12.9. The average molecular weight is 873 g/mol. The summed E-state index contributed by atoms with van der Waals surface area (Å²) in [5, 5.41) is 39.0. The number of rotatable bonds is 10. The summed E-state index contributed by atoms with van der Waals surface area (Å²) in [6.45, 7) is 7.74. The zero-order chi connectivity index (χ0) is 43.9. The lowest BCUT2D eigenvalue weighted by molar-refractivity contribution is -0.0366. The minimum Gasteiger partial charge on any atom is -0.471 e. The maximum absolute atomic E-state index is 13.5. The van der Waals surface area contributed by atoms with Crippen molar-refractivity contribution in [2.24, 2.45) is 14.1 Å². The van der Waals surface area contributed by atoms with E-state index in [1.54, 1.807) is 57.3 Å². The summed E-state index contributed by atoms with van der Waals surface area (Å²) in [6.07, 6.45) is 4.52. The molecule has 23 heteroatoms. The van der Waals surface area contributed by atoms with Crippen LogP contribution >= 0.6 is 11.6 Å². The van der Waals surface area contributed by atoms with Crippen LogP contribution in [0.5, 0.6) is 5.88 Å². The van der Waals surface area contributed by atoms with Gasteiger partial charge in [0, 0.05) is 75.4 Å². The summed E-state index contributed by atoms with van der Waals surface area (Å²) in [6, 6.07) is 6.99. The Bertz CT molecular complexity index is 2360. The van der Waals surface area contributed by atoms with Crippen LogP contribution < -0.4 is 15.4 Å². The number of anilines is 2. The van der Waals surface area contributed by atoms with Crippen LogP contribution in [0.15, 0.2) is 36.7 Å². The number of aliphatic hydroxyl groups excluding tert-OH is 1. The van der Waals surface area contributed by atoms with E-state index >= 15 is 0 Å². The molecular formula is C38H49ClF4N16O2. The molecule has 0 unspecified atom stereocenters. The van der Waals surface area contributed by atoms with Gasteiger partial charge in [-0.3, -0.25) is 9.36 Å². The summed E-state index contributed by atoms with van der Waals surface area (Å²) in [5.41, 5.74) is 4.73. The fourth-order valence-electron chi connectivity index (χ4n) is 6.76. The van der Waals surface area contributed by atoms with Gasteiger partial charge in [-0.1, -0.05) is 22.0 Å². The van der Waals surface area contributed by atoms with Crippen molar-refractivity contribution in [1.82, 2.24) is 69.5 Å². The third-order valence-corrected chi connectivity index (χ3v) is 9.93. The summed E-state index contributed by atoms with van der Waals surface area (Å²) >= 11 is 6.07. The molecule has 6 aromatic rings. The Morgan fingerprint density at radius 1 is 0.689 bits per heavy atom. The fourth-order valence-corrected chi connectivity index (χ4v) is 6.94. The smallest absolute Gasteiger partial charge is 0.256 e. The van der Waals surface area contributed by atoms with E-state index in [0.29, 0.717) is 66.5 Å². The van der Waals surface area contributed by atoms with Gasteiger partial charge >= 0.3 is 0 Å². The third-order valence-electron chi connectivity index (χ3n) is 9.74. The molecule has 328 valence electrons. The minimum atomic E-state index is -2.58. The Labute approximate surface area is 354 Å². The first-order chi connectivity index (χ1) is 28.9. The Morgan fingerprint density at radius 2 is 1.15 bits per heavy atom. The van der Waals surface area contributed by atoms with Crippen LogP contribution in [0.25, 0.3) is 11.9 Å². The highest BCUT2D eigenvalue weighted by molar-refractivity contribution is 6.29. The Balaban J connectivity index is 0.000000177. The van der Waals surface area contributed by atoms with E-state index < -0.39 is 11.8 Å². The van der Waals surface area contributed by atoms with Gasteiger partial charge < -0.3 is 20.5 Å².